The van der Waals surface area contributed by atoms with Crippen LogP contribution in [0.3, 0.4) is 0 Å². The molecule has 0 aliphatic heterocycles. The highest BCUT2D eigenvalue weighted by atomic mass is 15.0. The molecule has 1 fully saturated rings. The summed E-state index contributed by atoms with van der Waals surface area (Å²) in [5.74, 6) is 0.723. The van der Waals surface area contributed by atoms with Crippen LogP contribution in [0.25, 0.3) is 0 Å². The number of nitrogens with zero attached hydrogens (tertiary/aromatic N) is 1. The molecule has 1 N–H and O–H groups in total. The fraction of sp³-hybridized carbons (Fsp3) is 0.889. The normalized spacial score (nSPS) is 36.5. The lowest BCUT2D eigenvalue weighted by molar-refractivity contribution is 0.162. The highest BCUT2D eigenvalue weighted by molar-refractivity contribution is 5.15. The van der Waals surface area contributed by atoms with Gasteiger partial charge in [0.25, 0.3) is 0 Å². The molecule has 0 aromatic rings. The molecule has 62 valence electrons. The first-order valence-corrected chi connectivity index (χ1v) is 4.27. The zero-order valence-electron chi connectivity index (χ0n) is 7.52. The summed E-state index contributed by atoms with van der Waals surface area (Å²) in [7, 11) is 0. The van der Waals surface area contributed by atoms with E-state index in [0.717, 1.165) is 18.8 Å². The molecule has 0 aromatic heterocycles. The molecule has 0 radical (unpaired) electrons. The lowest BCUT2D eigenvalue weighted by Gasteiger charge is -2.42. The monoisotopic (exact) mass is 152 g/mol. The van der Waals surface area contributed by atoms with E-state index >= 15 is 0 Å². The van der Waals surface area contributed by atoms with Gasteiger partial charge in [0, 0.05) is 6.04 Å². The Labute approximate surface area is 68.6 Å². The molecule has 0 unspecified atom stereocenters. The van der Waals surface area contributed by atoms with E-state index in [1.165, 1.54) is 0 Å². The molecule has 1 rings (SSSR count). The van der Waals surface area contributed by atoms with Crippen LogP contribution in [0.15, 0.2) is 0 Å². The SMILES string of the molecule is CC1CC(C#N)(NC(C)C)C1. The van der Waals surface area contributed by atoms with Crippen LogP contribution >= 0.6 is 0 Å². The summed E-state index contributed by atoms with van der Waals surface area (Å²) in [6, 6.07) is 2.78. The molecule has 0 bridgehead atoms. The van der Waals surface area contributed by atoms with Gasteiger partial charge in [0.2, 0.25) is 0 Å². The zero-order chi connectivity index (χ0) is 8.48. The van der Waals surface area contributed by atoms with E-state index in [1.807, 2.05) is 0 Å². The van der Waals surface area contributed by atoms with Crippen molar-refractivity contribution in [1.82, 2.24) is 5.32 Å². The minimum Gasteiger partial charge on any atom is -0.297 e. The van der Waals surface area contributed by atoms with Gasteiger partial charge >= 0.3 is 0 Å². The Kier molecular flexibility index (Phi) is 2.20. The topological polar surface area (TPSA) is 35.8 Å². The molecule has 1 aliphatic rings. The predicted octanol–water partition coefficient (Wildman–Crippen LogP) is 1.68. The van der Waals surface area contributed by atoms with Crippen molar-refractivity contribution in [3.8, 4) is 6.07 Å². The number of rotatable bonds is 2. The fourth-order valence-electron chi connectivity index (χ4n) is 1.92. The molecule has 2 nitrogen and oxygen atoms in total. The number of nitriles is 1. The van der Waals surface area contributed by atoms with Gasteiger partial charge in [0.15, 0.2) is 0 Å². The van der Waals surface area contributed by atoms with E-state index in [1.54, 1.807) is 0 Å². The minimum atomic E-state index is -0.187. The van der Waals surface area contributed by atoms with E-state index in [4.69, 9.17) is 5.26 Å². The summed E-state index contributed by atoms with van der Waals surface area (Å²) >= 11 is 0. The van der Waals surface area contributed by atoms with Crippen LogP contribution in [0.1, 0.15) is 33.6 Å². The van der Waals surface area contributed by atoms with Gasteiger partial charge in [-0.2, -0.15) is 5.26 Å². The van der Waals surface area contributed by atoms with Crippen LogP contribution < -0.4 is 5.32 Å². The molecule has 1 saturated carbocycles. The molecule has 0 saturated heterocycles. The largest absolute Gasteiger partial charge is 0.297 e. The Morgan fingerprint density at radius 1 is 1.55 bits per heavy atom. The fourth-order valence-corrected chi connectivity index (χ4v) is 1.92. The second-order valence-electron chi connectivity index (χ2n) is 4.01. The van der Waals surface area contributed by atoms with Gasteiger partial charge in [0.05, 0.1) is 6.07 Å². The van der Waals surface area contributed by atoms with Crippen LogP contribution in [0.5, 0.6) is 0 Å². The Hall–Kier alpha value is -0.550. The maximum atomic E-state index is 8.89. The average Bonchev–Trinajstić information content (AvgIpc) is 1.82. The highest BCUT2D eigenvalue weighted by Crippen LogP contribution is 2.37. The molecule has 0 heterocycles. The molecular formula is C9H16N2. The van der Waals surface area contributed by atoms with Crippen molar-refractivity contribution < 1.29 is 0 Å². The summed E-state index contributed by atoms with van der Waals surface area (Å²) in [6.45, 7) is 6.36. The summed E-state index contributed by atoms with van der Waals surface area (Å²) < 4.78 is 0. The second-order valence-corrected chi connectivity index (χ2v) is 4.01. The first-order chi connectivity index (χ1) is 5.08. The van der Waals surface area contributed by atoms with Crippen molar-refractivity contribution in [2.24, 2.45) is 5.92 Å². The van der Waals surface area contributed by atoms with Crippen molar-refractivity contribution in [2.75, 3.05) is 0 Å². The van der Waals surface area contributed by atoms with Crippen molar-refractivity contribution in [2.45, 2.75) is 45.2 Å². The van der Waals surface area contributed by atoms with Crippen molar-refractivity contribution in [3.63, 3.8) is 0 Å². The van der Waals surface area contributed by atoms with Crippen LogP contribution in [0.2, 0.25) is 0 Å². The summed E-state index contributed by atoms with van der Waals surface area (Å²) in [5, 5.41) is 12.2. The van der Waals surface area contributed by atoms with Gasteiger partial charge < -0.3 is 0 Å². The predicted molar refractivity (Wildman–Crippen MR) is 45.0 cm³/mol. The van der Waals surface area contributed by atoms with E-state index in [-0.39, 0.29) is 5.54 Å². The zero-order valence-corrected chi connectivity index (χ0v) is 7.52. The smallest absolute Gasteiger partial charge is 0.107 e. The van der Waals surface area contributed by atoms with Gasteiger partial charge in [-0.15, -0.1) is 0 Å². The van der Waals surface area contributed by atoms with Gasteiger partial charge in [0.1, 0.15) is 5.54 Å². The molecule has 1 aliphatic carbocycles. The van der Waals surface area contributed by atoms with Crippen LogP contribution in [0.4, 0.5) is 0 Å². The second kappa shape index (κ2) is 2.83. The van der Waals surface area contributed by atoms with Gasteiger partial charge in [-0.05, 0) is 32.6 Å². The Morgan fingerprint density at radius 3 is 2.36 bits per heavy atom. The van der Waals surface area contributed by atoms with Crippen molar-refractivity contribution in [3.05, 3.63) is 0 Å². The summed E-state index contributed by atoms with van der Waals surface area (Å²) in [4.78, 5) is 0. The molecule has 2 heteroatoms. The maximum absolute atomic E-state index is 8.89. The molecule has 0 amide bonds. The highest BCUT2D eigenvalue weighted by Gasteiger charge is 2.42. The molecule has 0 atom stereocenters. The first kappa shape index (κ1) is 8.55. The summed E-state index contributed by atoms with van der Waals surface area (Å²) in [6.07, 6.45) is 2.03. The Bertz CT molecular complexity index is 172. The molecule has 0 aromatic carbocycles. The van der Waals surface area contributed by atoms with Crippen LogP contribution in [-0.2, 0) is 0 Å². The lowest BCUT2D eigenvalue weighted by Crippen LogP contribution is -2.55. The summed E-state index contributed by atoms with van der Waals surface area (Å²) in [5.41, 5.74) is -0.187. The lowest BCUT2D eigenvalue weighted by atomic mass is 9.70. The molecule has 0 spiro atoms. The Balaban J connectivity index is 2.46. The number of nitrogens with one attached hydrogen (secondary N) is 1. The van der Waals surface area contributed by atoms with E-state index in [9.17, 15) is 0 Å². The van der Waals surface area contributed by atoms with Crippen molar-refractivity contribution >= 4 is 0 Å². The Morgan fingerprint density at radius 2 is 2.09 bits per heavy atom. The maximum Gasteiger partial charge on any atom is 0.107 e. The van der Waals surface area contributed by atoms with Crippen molar-refractivity contribution in [1.29, 1.82) is 5.26 Å². The standard InChI is InChI=1S/C9H16N2/c1-7(2)11-9(6-10)4-8(3)5-9/h7-8,11H,4-5H2,1-3H3. The third-order valence-corrected chi connectivity index (χ3v) is 2.17. The van der Waals surface area contributed by atoms with Crippen LogP contribution in [0, 0.1) is 17.2 Å². The molecular weight excluding hydrogens is 136 g/mol. The number of hydrogen-bond acceptors (Lipinski definition) is 2. The van der Waals surface area contributed by atoms with Gasteiger partial charge in [-0.1, -0.05) is 6.92 Å². The minimum absolute atomic E-state index is 0.187. The van der Waals surface area contributed by atoms with Crippen LogP contribution in [-0.4, -0.2) is 11.6 Å². The molecule has 11 heavy (non-hydrogen) atoms. The van der Waals surface area contributed by atoms with E-state index in [2.05, 4.69) is 32.2 Å². The van der Waals surface area contributed by atoms with Gasteiger partial charge in [-0.3, -0.25) is 5.32 Å². The van der Waals surface area contributed by atoms with E-state index in [0.29, 0.717) is 6.04 Å². The first-order valence-electron chi connectivity index (χ1n) is 4.27. The quantitative estimate of drug-likeness (QED) is 0.653. The van der Waals surface area contributed by atoms with E-state index < -0.39 is 0 Å². The third kappa shape index (κ3) is 1.72. The van der Waals surface area contributed by atoms with Gasteiger partial charge in [-0.25, -0.2) is 0 Å². The average molecular weight is 152 g/mol. The third-order valence-electron chi connectivity index (χ3n) is 2.17. The number of hydrogen-bond donors (Lipinski definition) is 1.